The molecule has 2 N–H and O–H groups in total. The summed E-state index contributed by atoms with van der Waals surface area (Å²) in [5.74, 6) is 0.341. The molecule has 2 rings (SSSR count). The molecule has 2 saturated heterocycles. The monoisotopic (exact) mass is 197 g/mol. The fraction of sp³-hybridized carbons (Fsp3) is 0.900. The number of carbonyl (C=O) groups excluding carboxylic acids is 1. The van der Waals surface area contributed by atoms with Crippen molar-refractivity contribution < 1.29 is 4.79 Å². The number of nitrogens with one attached hydrogen (secondary N) is 2. The molecule has 4 heteroatoms. The van der Waals surface area contributed by atoms with Gasteiger partial charge in [-0.15, -0.1) is 0 Å². The van der Waals surface area contributed by atoms with E-state index in [4.69, 9.17) is 0 Å². The molecule has 0 aromatic heterocycles. The summed E-state index contributed by atoms with van der Waals surface area (Å²) in [6.07, 6.45) is 2.89. The molecule has 1 unspecified atom stereocenters. The molecular formula is C10H19N3O. The Balaban J connectivity index is 1.68. The van der Waals surface area contributed by atoms with Crippen LogP contribution in [0.15, 0.2) is 0 Å². The number of piperazine rings is 1. The van der Waals surface area contributed by atoms with Gasteiger partial charge in [0.05, 0.1) is 0 Å². The van der Waals surface area contributed by atoms with Gasteiger partial charge in [0.1, 0.15) is 0 Å². The molecule has 14 heavy (non-hydrogen) atoms. The Kier molecular flexibility index (Phi) is 3.37. The minimum Gasteiger partial charge on any atom is -0.343 e. The molecule has 4 nitrogen and oxygen atoms in total. The Labute approximate surface area is 85.0 Å². The van der Waals surface area contributed by atoms with E-state index in [0.717, 1.165) is 52.0 Å². The summed E-state index contributed by atoms with van der Waals surface area (Å²) in [7, 11) is 0. The number of hydrogen-bond donors (Lipinski definition) is 2. The van der Waals surface area contributed by atoms with Crippen molar-refractivity contribution in [3.05, 3.63) is 0 Å². The van der Waals surface area contributed by atoms with Crippen molar-refractivity contribution in [2.75, 3.05) is 32.7 Å². The lowest BCUT2D eigenvalue weighted by atomic mass is 10.1. The molecule has 0 saturated carbocycles. The summed E-state index contributed by atoms with van der Waals surface area (Å²) in [4.78, 5) is 13.3. The van der Waals surface area contributed by atoms with Crippen LogP contribution in [0.4, 0.5) is 0 Å². The summed E-state index contributed by atoms with van der Waals surface area (Å²) in [6, 6.07) is 0.553. The molecule has 0 radical (unpaired) electrons. The van der Waals surface area contributed by atoms with E-state index < -0.39 is 0 Å². The summed E-state index contributed by atoms with van der Waals surface area (Å²) in [5.41, 5.74) is 0. The molecular weight excluding hydrogens is 178 g/mol. The molecule has 0 bridgehead atoms. The first-order valence-corrected chi connectivity index (χ1v) is 5.58. The maximum atomic E-state index is 11.3. The van der Waals surface area contributed by atoms with E-state index in [0.29, 0.717) is 11.9 Å². The van der Waals surface area contributed by atoms with Crippen molar-refractivity contribution in [1.82, 2.24) is 15.5 Å². The average molecular weight is 197 g/mol. The zero-order valence-corrected chi connectivity index (χ0v) is 8.59. The smallest absolute Gasteiger partial charge is 0.222 e. The Morgan fingerprint density at radius 2 is 2.36 bits per heavy atom. The molecule has 80 valence electrons. The zero-order chi connectivity index (χ0) is 9.80. The third-order valence-corrected chi connectivity index (χ3v) is 3.04. The first-order valence-electron chi connectivity index (χ1n) is 5.58. The van der Waals surface area contributed by atoms with Crippen LogP contribution in [0, 0.1) is 0 Å². The maximum Gasteiger partial charge on any atom is 0.222 e. The highest BCUT2D eigenvalue weighted by Crippen LogP contribution is 2.10. The molecule has 1 atom stereocenters. The Bertz CT molecular complexity index is 202. The van der Waals surface area contributed by atoms with Crippen LogP contribution in [0.1, 0.15) is 19.3 Å². The normalized spacial score (nSPS) is 28.4. The van der Waals surface area contributed by atoms with Crippen molar-refractivity contribution in [3.63, 3.8) is 0 Å². The fourth-order valence-electron chi connectivity index (χ4n) is 2.17. The van der Waals surface area contributed by atoms with Crippen LogP contribution < -0.4 is 10.6 Å². The molecule has 0 aromatic carbocycles. The maximum absolute atomic E-state index is 11.3. The van der Waals surface area contributed by atoms with E-state index in [2.05, 4.69) is 10.6 Å². The molecule has 2 heterocycles. The van der Waals surface area contributed by atoms with Gasteiger partial charge < -0.3 is 15.5 Å². The predicted octanol–water partition coefficient (Wildman–Crippen LogP) is -0.440. The molecule has 2 fully saturated rings. The minimum absolute atomic E-state index is 0.341. The van der Waals surface area contributed by atoms with Crippen LogP contribution >= 0.6 is 0 Å². The van der Waals surface area contributed by atoms with E-state index in [-0.39, 0.29) is 0 Å². The lowest BCUT2D eigenvalue weighted by molar-refractivity contribution is -0.127. The number of rotatable bonds is 3. The first kappa shape index (κ1) is 9.93. The summed E-state index contributed by atoms with van der Waals surface area (Å²) >= 11 is 0. The van der Waals surface area contributed by atoms with Gasteiger partial charge in [0, 0.05) is 45.2 Å². The topological polar surface area (TPSA) is 44.4 Å². The van der Waals surface area contributed by atoms with Gasteiger partial charge in [-0.1, -0.05) is 0 Å². The second-order valence-corrected chi connectivity index (χ2v) is 4.13. The second-order valence-electron chi connectivity index (χ2n) is 4.13. The van der Waals surface area contributed by atoms with Crippen molar-refractivity contribution in [3.8, 4) is 0 Å². The fourth-order valence-corrected chi connectivity index (χ4v) is 2.17. The van der Waals surface area contributed by atoms with Gasteiger partial charge >= 0.3 is 0 Å². The van der Waals surface area contributed by atoms with E-state index in [1.54, 1.807) is 0 Å². The summed E-state index contributed by atoms with van der Waals surface area (Å²) in [6.45, 7) is 5.07. The van der Waals surface area contributed by atoms with Gasteiger partial charge in [-0.2, -0.15) is 0 Å². The van der Waals surface area contributed by atoms with Gasteiger partial charge in [0.2, 0.25) is 5.91 Å². The van der Waals surface area contributed by atoms with Crippen LogP contribution in [0.5, 0.6) is 0 Å². The highest BCUT2D eigenvalue weighted by molar-refractivity contribution is 5.77. The standard InChI is InChI=1S/C10H19N3O/c14-10-2-1-6-13(10)7-3-9-8-11-4-5-12-9/h9,11-12H,1-8H2. The molecule has 0 spiro atoms. The minimum atomic E-state index is 0.341. The molecule has 2 aliphatic rings. The highest BCUT2D eigenvalue weighted by Gasteiger charge is 2.21. The van der Waals surface area contributed by atoms with E-state index in [1.165, 1.54) is 0 Å². The van der Waals surface area contributed by atoms with Gasteiger partial charge in [0.15, 0.2) is 0 Å². The third-order valence-electron chi connectivity index (χ3n) is 3.04. The molecule has 0 aromatic rings. The van der Waals surface area contributed by atoms with Crippen LogP contribution in [0.3, 0.4) is 0 Å². The summed E-state index contributed by atoms with van der Waals surface area (Å²) < 4.78 is 0. The van der Waals surface area contributed by atoms with Crippen molar-refractivity contribution in [2.45, 2.75) is 25.3 Å². The highest BCUT2D eigenvalue weighted by atomic mass is 16.2. The number of amides is 1. The van der Waals surface area contributed by atoms with Crippen LogP contribution in [0.2, 0.25) is 0 Å². The van der Waals surface area contributed by atoms with Crippen molar-refractivity contribution >= 4 is 5.91 Å². The number of likely N-dealkylation sites (tertiary alicyclic amines) is 1. The van der Waals surface area contributed by atoms with E-state index in [1.807, 2.05) is 4.90 Å². The van der Waals surface area contributed by atoms with Crippen molar-refractivity contribution in [1.29, 1.82) is 0 Å². The Hall–Kier alpha value is -0.610. The molecule has 2 aliphatic heterocycles. The number of nitrogens with zero attached hydrogens (tertiary/aromatic N) is 1. The zero-order valence-electron chi connectivity index (χ0n) is 8.59. The average Bonchev–Trinajstić information content (AvgIpc) is 2.63. The third kappa shape index (κ3) is 2.45. The summed E-state index contributed by atoms with van der Waals surface area (Å²) in [5, 5.41) is 6.81. The first-order chi connectivity index (χ1) is 6.86. The lowest BCUT2D eigenvalue weighted by Crippen LogP contribution is -2.49. The largest absolute Gasteiger partial charge is 0.343 e. The predicted molar refractivity (Wildman–Crippen MR) is 55.1 cm³/mol. The number of hydrogen-bond acceptors (Lipinski definition) is 3. The molecule has 1 amide bonds. The Morgan fingerprint density at radius 1 is 1.43 bits per heavy atom. The van der Waals surface area contributed by atoms with Gasteiger partial charge in [0.25, 0.3) is 0 Å². The Morgan fingerprint density at radius 3 is 3.00 bits per heavy atom. The van der Waals surface area contributed by atoms with E-state index in [9.17, 15) is 4.79 Å². The van der Waals surface area contributed by atoms with Crippen LogP contribution in [-0.2, 0) is 4.79 Å². The van der Waals surface area contributed by atoms with Crippen LogP contribution in [0.25, 0.3) is 0 Å². The van der Waals surface area contributed by atoms with E-state index >= 15 is 0 Å². The lowest BCUT2D eigenvalue weighted by Gasteiger charge is -2.26. The van der Waals surface area contributed by atoms with Gasteiger partial charge in [-0.3, -0.25) is 4.79 Å². The van der Waals surface area contributed by atoms with Crippen LogP contribution in [-0.4, -0.2) is 49.6 Å². The quantitative estimate of drug-likeness (QED) is 0.645. The van der Waals surface area contributed by atoms with Crippen molar-refractivity contribution in [2.24, 2.45) is 0 Å². The molecule has 0 aliphatic carbocycles. The SMILES string of the molecule is O=C1CCCN1CCC1CNCCN1. The number of carbonyl (C=O) groups is 1. The van der Waals surface area contributed by atoms with Gasteiger partial charge in [-0.25, -0.2) is 0 Å². The second kappa shape index (κ2) is 4.75. The van der Waals surface area contributed by atoms with Gasteiger partial charge in [-0.05, 0) is 12.8 Å².